The van der Waals surface area contributed by atoms with Crippen LogP contribution in [0.15, 0.2) is 84.9 Å². The van der Waals surface area contributed by atoms with Gasteiger partial charge < -0.3 is 11.1 Å². The standard InChI is InChI=1S/C17H14ClN5.C7H10N2.2ClH/c18-13-6-8-14(9-7-13)21-17-15(10-19)16(20)23(22-17)11-12-4-2-1-3-5-12;8-9-6-7-4-2-1-3-5-7;;/h1-9H,11,20H2,(H,21,22);1-5,9H,6,8H2;2*1H. The van der Waals surface area contributed by atoms with Gasteiger partial charge in [-0.05, 0) is 35.4 Å². The highest BCUT2D eigenvalue weighted by Crippen LogP contribution is 2.25. The van der Waals surface area contributed by atoms with Gasteiger partial charge in [-0.2, -0.15) is 10.4 Å². The first-order chi connectivity index (χ1) is 15.6. The smallest absolute Gasteiger partial charge is 0.172 e. The fourth-order valence-corrected chi connectivity index (χ4v) is 3.06. The summed E-state index contributed by atoms with van der Waals surface area (Å²) in [5.74, 6) is 5.88. The highest BCUT2D eigenvalue weighted by Gasteiger charge is 2.15. The van der Waals surface area contributed by atoms with Crippen LogP contribution in [0, 0.1) is 11.3 Å². The van der Waals surface area contributed by atoms with Crippen molar-refractivity contribution in [1.29, 1.82) is 5.26 Å². The maximum Gasteiger partial charge on any atom is 0.172 e. The van der Waals surface area contributed by atoms with Gasteiger partial charge in [0.2, 0.25) is 0 Å². The topological polar surface area (TPSA) is 118 Å². The van der Waals surface area contributed by atoms with Crippen LogP contribution < -0.4 is 22.3 Å². The number of rotatable bonds is 6. The quantitative estimate of drug-likeness (QED) is 0.204. The van der Waals surface area contributed by atoms with Crippen LogP contribution in [0.1, 0.15) is 16.7 Å². The van der Waals surface area contributed by atoms with Gasteiger partial charge in [0.05, 0.1) is 6.54 Å². The summed E-state index contributed by atoms with van der Waals surface area (Å²) in [6.07, 6.45) is 0. The van der Waals surface area contributed by atoms with E-state index < -0.39 is 0 Å². The van der Waals surface area contributed by atoms with Gasteiger partial charge in [0.25, 0.3) is 0 Å². The summed E-state index contributed by atoms with van der Waals surface area (Å²) in [7, 11) is 0. The molecule has 4 aromatic rings. The average molecular weight is 519 g/mol. The summed E-state index contributed by atoms with van der Waals surface area (Å²) in [5.41, 5.74) is 12.0. The Morgan fingerprint density at radius 3 is 1.97 bits per heavy atom. The molecule has 0 saturated carbocycles. The Morgan fingerprint density at radius 1 is 0.882 bits per heavy atom. The molecule has 0 fully saturated rings. The lowest BCUT2D eigenvalue weighted by Crippen LogP contribution is -2.20. The fourth-order valence-electron chi connectivity index (χ4n) is 2.93. The molecule has 3 aromatic carbocycles. The number of aromatic nitrogens is 2. The van der Waals surface area contributed by atoms with Crippen molar-refractivity contribution in [2.75, 3.05) is 11.1 Å². The second-order valence-corrected chi connectivity index (χ2v) is 7.30. The number of nitrogens with zero attached hydrogens (tertiary/aromatic N) is 3. The molecule has 34 heavy (non-hydrogen) atoms. The molecule has 0 amide bonds. The van der Waals surface area contributed by atoms with E-state index in [1.54, 1.807) is 16.8 Å². The molecule has 0 aliphatic carbocycles. The summed E-state index contributed by atoms with van der Waals surface area (Å²) in [6.45, 7) is 1.24. The summed E-state index contributed by atoms with van der Waals surface area (Å²) < 4.78 is 1.62. The number of nitrogens with one attached hydrogen (secondary N) is 2. The molecule has 0 radical (unpaired) electrons. The number of hydrogen-bond donors (Lipinski definition) is 4. The van der Waals surface area contributed by atoms with Crippen LogP contribution in [0.2, 0.25) is 5.02 Å². The van der Waals surface area contributed by atoms with E-state index >= 15 is 0 Å². The Balaban J connectivity index is 0.000000448. The second-order valence-electron chi connectivity index (χ2n) is 6.86. The van der Waals surface area contributed by atoms with Gasteiger partial charge in [-0.25, -0.2) is 4.68 Å². The van der Waals surface area contributed by atoms with Crippen molar-refractivity contribution in [3.05, 3.63) is 107 Å². The third kappa shape index (κ3) is 8.27. The molecule has 1 aromatic heterocycles. The maximum atomic E-state index is 9.36. The zero-order valence-electron chi connectivity index (χ0n) is 18.2. The van der Waals surface area contributed by atoms with Crippen molar-refractivity contribution < 1.29 is 0 Å². The number of hydrogen-bond acceptors (Lipinski definition) is 6. The molecular formula is C24H26Cl3N7. The van der Waals surface area contributed by atoms with Crippen molar-refractivity contribution in [3.63, 3.8) is 0 Å². The highest BCUT2D eigenvalue weighted by molar-refractivity contribution is 6.30. The summed E-state index contributed by atoms with van der Waals surface area (Å²) in [5, 5.41) is 17.5. The minimum atomic E-state index is 0. The predicted molar refractivity (Wildman–Crippen MR) is 144 cm³/mol. The molecule has 0 bridgehead atoms. The van der Waals surface area contributed by atoms with Crippen LogP contribution in [0.3, 0.4) is 0 Å². The van der Waals surface area contributed by atoms with Crippen molar-refractivity contribution >= 4 is 53.7 Å². The average Bonchev–Trinajstić information content (AvgIpc) is 3.11. The minimum absolute atomic E-state index is 0. The van der Waals surface area contributed by atoms with E-state index in [9.17, 15) is 5.26 Å². The highest BCUT2D eigenvalue weighted by atomic mass is 35.5. The third-order valence-electron chi connectivity index (χ3n) is 4.53. The Morgan fingerprint density at radius 2 is 1.44 bits per heavy atom. The lowest BCUT2D eigenvalue weighted by atomic mass is 10.2. The van der Waals surface area contributed by atoms with Gasteiger partial charge in [0.1, 0.15) is 17.5 Å². The molecule has 178 valence electrons. The maximum absolute atomic E-state index is 9.36. The van der Waals surface area contributed by atoms with Crippen molar-refractivity contribution in [2.24, 2.45) is 5.84 Å². The summed E-state index contributed by atoms with van der Waals surface area (Å²) >= 11 is 5.87. The molecule has 0 spiro atoms. The van der Waals surface area contributed by atoms with Gasteiger partial charge in [0, 0.05) is 17.3 Å². The van der Waals surface area contributed by atoms with Crippen LogP contribution in [-0.2, 0) is 13.1 Å². The molecule has 10 heteroatoms. The number of halogens is 3. The SMILES string of the molecule is Cl.Cl.N#Cc1c(Nc2ccc(Cl)cc2)nn(Cc2ccccc2)c1N.NNCc1ccccc1. The predicted octanol–water partition coefficient (Wildman–Crippen LogP) is 5.28. The van der Waals surface area contributed by atoms with Gasteiger partial charge in [-0.3, -0.25) is 11.3 Å². The van der Waals surface area contributed by atoms with E-state index in [4.69, 9.17) is 23.2 Å². The Labute approximate surface area is 216 Å². The lowest BCUT2D eigenvalue weighted by molar-refractivity contribution is 0.700. The van der Waals surface area contributed by atoms with Gasteiger partial charge >= 0.3 is 0 Å². The molecule has 0 atom stereocenters. The Bertz CT molecular complexity index is 1160. The summed E-state index contributed by atoms with van der Waals surface area (Å²) in [6, 6.07) is 29.1. The summed E-state index contributed by atoms with van der Waals surface area (Å²) in [4.78, 5) is 0. The number of nitriles is 1. The number of anilines is 3. The van der Waals surface area contributed by atoms with Gasteiger partial charge in [-0.15, -0.1) is 24.8 Å². The number of nitrogen functional groups attached to an aromatic ring is 1. The molecule has 6 N–H and O–H groups in total. The van der Waals surface area contributed by atoms with E-state index in [-0.39, 0.29) is 24.8 Å². The molecule has 0 aliphatic rings. The molecular weight excluding hydrogens is 493 g/mol. The minimum Gasteiger partial charge on any atom is -0.383 e. The number of hydrazine groups is 1. The van der Waals surface area contributed by atoms with E-state index in [1.807, 2.05) is 72.8 Å². The van der Waals surface area contributed by atoms with E-state index in [1.165, 1.54) is 5.56 Å². The van der Waals surface area contributed by atoms with E-state index in [2.05, 4.69) is 21.9 Å². The number of benzene rings is 3. The van der Waals surface area contributed by atoms with E-state index in [0.717, 1.165) is 17.8 Å². The molecule has 0 aliphatic heterocycles. The van der Waals surface area contributed by atoms with Gasteiger partial charge in [-0.1, -0.05) is 72.3 Å². The van der Waals surface area contributed by atoms with E-state index in [0.29, 0.717) is 28.8 Å². The molecule has 0 saturated heterocycles. The number of nitrogens with two attached hydrogens (primary N) is 2. The largest absolute Gasteiger partial charge is 0.383 e. The molecule has 7 nitrogen and oxygen atoms in total. The second kappa shape index (κ2) is 14.8. The third-order valence-corrected chi connectivity index (χ3v) is 4.79. The van der Waals surface area contributed by atoms with Crippen LogP contribution in [0.4, 0.5) is 17.3 Å². The molecule has 4 rings (SSSR count). The van der Waals surface area contributed by atoms with Crippen LogP contribution in [-0.4, -0.2) is 9.78 Å². The Kier molecular flexibility index (Phi) is 12.5. The normalized spacial score (nSPS) is 9.44. The Hall–Kier alpha value is -3.25. The van der Waals surface area contributed by atoms with Crippen LogP contribution >= 0.6 is 36.4 Å². The van der Waals surface area contributed by atoms with Crippen LogP contribution in [0.5, 0.6) is 0 Å². The first kappa shape index (κ1) is 28.8. The van der Waals surface area contributed by atoms with Crippen LogP contribution in [0.25, 0.3) is 0 Å². The first-order valence-electron chi connectivity index (χ1n) is 9.91. The van der Waals surface area contributed by atoms with Gasteiger partial charge in [0.15, 0.2) is 5.82 Å². The zero-order valence-corrected chi connectivity index (χ0v) is 20.6. The monoisotopic (exact) mass is 517 g/mol. The van der Waals surface area contributed by atoms with Crippen molar-refractivity contribution in [1.82, 2.24) is 15.2 Å². The van der Waals surface area contributed by atoms with Crippen molar-refractivity contribution in [3.8, 4) is 6.07 Å². The van der Waals surface area contributed by atoms with Crippen molar-refractivity contribution in [2.45, 2.75) is 13.1 Å². The zero-order chi connectivity index (χ0) is 22.8. The lowest BCUT2D eigenvalue weighted by Gasteiger charge is -2.04. The molecule has 0 unspecified atom stereocenters. The molecule has 1 heterocycles. The fraction of sp³-hybridized carbons (Fsp3) is 0.0833. The first-order valence-corrected chi connectivity index (χ1v) is 10.3.